The second-order valence-electron chi connectivity index (χ2n) is 4.30. The van der Waals surface area contributed by atoms with E-state index in [2.05, 4.69) is 0 Å². The third-order valence-corrected chi connectivity index (χ3v) is 3.18. The van der Waals surface area contributed by atoms with Crippen LogP contribution >= 0.6 is 0 Å². The summed E-state index contributed by atoms with van der Waals surface area (Å²) in [5.74, 6) is -0.352. The highest BCUT2D eigenvalue weighted by atomic mass is 16.6. The van der Waals surface area contributed by atoms with Crippen LogP contribution in [0.3, 0.4) is 0 Å². The fourth-order valence-corrected chi connectivity index (χ4v) is 2.20. The molecule has 1 unspecified atom stereocenters. The van der Waals surface area contributed by atoms with Gasteiger partial charge in [0.2, 0.25) is 5.78 Å². The Morgan fingerprint density at radius 2 is 2.00 bits per heavy atom. The maximum atomic E-state index is 11.9. The molecular formula is C14H9NO3. The van der Waals surface area contributed by atoms with Crippen molar-refractivity contribution in [2.45, 2.75) is 12.5 Å². The fraction of sp³-hybridized carbons (Fsp3) is 0.214. The second kappa shape index (κ2) is 3.90. The number of nitriles is 1. The molecule has 0 bridgehead atoms. The zero-order valence-electron chi connectivity index (χ0n) is 9.47. The molecule has 1 fully saturated rings. The Morgan fingerprint density at radius 1 is 1.33 bits per heavy atom. The highest BCUT2D eigenvalue weighted by molar-refractivity contribution is 6.19. The number of nitrogens with zero attached hydrogens (tertiary/aromatic N) is 1. The molecule has 0 amide bonds. The van der Waals surface area contributed by atoms with Gasteiger partial charge in [-0.2, -0.15) is 5.26 Å². The van der Waals surface area contributed by atoms with Crippen molar-refractivity contribution in [2.24, 2.45) is 0 Å². The van der Waals surface area contributed by atoms with Gasteiger partial charge in [-0.25, -0.2) is 0 Å². The number of hydrogen-bond donors (Lipinski definition) is 0. The van der Waals surface area contributed by atoms with Crippen LogP contribution in [0.25, 0.3) is 5.57 Å². The molecule has 4 heteroatoms. The van der Waals surface area contributed by atoms with Crippen molar-refractivity contribution in [3.05, 3.63) is 41.0 Å². The first kappa shape index (κ1) is 10.9. The average Bonchev–Trinajstić information content (AvgIpc) is 3.18. The quantitative estimate of drug-likeness (QED) is 0.445. The van der Waals surface area contributed by atoms with Crippen LogP contribution in [0.1, 0.15) is 22.3 Å². The molecule has 0 aromatic heterocycles. The lowest BCUT2D eigenvalue weighted by Gasteiger charge is -2.02. The molecule has 2 aliphatic rings. The normalized spacial score (nSPS) is 23.3. The lowest BCUT2D eigenvalue weighted by atomic mass is 9.98. The Balaban J connectivity index is 2.15. The summed E-state index contributed by atoms with van der Waals surface area (Å²) in [7, 11) is 0. The average molecular weight is 239 g/mol. The van der Waals surface area contributed by atoms with Crippen molar-refractivity contribution in [1.29, 1.82) is 5.26 Å². The first-order valence-electron chi connectivity index (χ1n) is 5.64. The third-order valence-electron chi connectivity index (χ3n) is 3.18. The lowest BCUT2D eigenvalue weighted by Crippen LogP contribution is -2.10. The minimum absolute atomic E-state index is 0.0436. The van der Waals surface area contributed by atoms with E-state index in [0.29, 0.717) is 23.3 Å². The minimum atomic E-state index is -0.491. The first-order chi connectivity index (χ1) is 8.72. The van der Waals surface area contributed by atoms with Crippen molar-refractivity contribution in [3.63, 3.8) is 0 Å². The number of ether oxygens (including phenoxy) is 1. The molecule has 1 heterocycles. The van der Waals surface area contributed by atoms with Crippen molar-refractivity contribution in [1.82, 2.24) is 0 Å². The molecule has 1 aliphatic carbocycles. The van der Waals surface area contributed by atoms with Crippen LogP contribution in [-0.2, 0) is 9.53 Å². The number of rotatable bonds is 2. The van der Waals surface area contributed by atoms with Gasteiger partial charge >= 0.3 is 0 Å². The smallest absolute Gasteiger partial charge is 0.204 e. The SMILES string of the molecule is N#C/C(C(=O)C1CO1)=C1/CC(=O)c2ccccc21. The van der Waals surface area contributed by atoms with E-state index >= 15 is 0 Å². The molecule has 1 aromatic rings. The van der Waals surface area contributed by atoms with Gasteiger partial charge in [0.15, 0.2) is 5.78 Å². The predicted octanol–water partition coefficient (Wildman–Crippen LogP) is 1.52. The van der Waals surface area contributed by atoms with Gasteiger partial charge in [-0.1, -0.05) is 24.3 Å². The summed E-state index contributed by atoms with van der Waals surface area (Å²) in [5.41, 5.74) is 1.90. The minimum Gasteiger partial charge on any atom is -0.364 e. The molecule has 1 aromatic carbocycles. The van der Waals surface area contributed by atoms with Gasteiger partial charge < -0.3 is 4.74 Å². The number of benzene rings is 1. The van der Waals surface area contributed by atoms with E-state index in [1.165, 1.54) is 0 Å². The number of carbonyl (C=O) groups is 2. The van der Waals surface area contributed by atoms with Crippen LogP contribution in [-0.4, -0.2) is 24.3 Å². The molecule has 0 N–H and O–H groups in total. The van der Waals surface area contributed by atoms with Crippen LogP contribution in [0.4, 0.5) is 0 Å². The first-order valence-corrected chi connectivity index (χ1v) is 5.64. The summed E-state index contributed by atoms with van der Waals surface area (Å²) in [5, 5.41) is 9.15. The number of fused-ring (bicyclic) bond motifs is 1. The van der Waals surface area contributed by atoms with Crippen molar-refractivity contribution in [3.8, 4) is 6.07 Å². The van der Waals surface area contributed by atoms with E-state index in [-0.39, 0.29) is 23.6 Å². The van der Waals surface area contributed by atoms with Crippen molar-refractivity contribution >= 4 is 17.1 Å². The summed E-state index contributed by atoms with van der Waals surface area (Å²) >= 11 is 0. The third kappa shape index (κ3) is 1.57. The fourth-order valence-electron chi connectivity index (χ4n) is 2.20. The van der Waals surface area contributed by atoms with Gasteiger partial charge in [0.05, 0.1) is 6.61 Å². The summed E-state index contributed by atoms with van der Waals surface area (Å²) in [6, 6.07) is 8.99. The van der Waals surface area contributed by atoms with E-state index in [1.807, 2.05) is 6.07 Å². The summed E-state index contributed by atoms with van der Waals surface area (Å²) in [6.07, 6.45) is -0.365. The molecule has 88 valence electrons. The van der Waals surface area contributed by atoms with E-state index in [0.717, 1.165) is 0 Å². The molecule has 0 radical (unpaired) electrons. The van der Waals surface area contributed by atoms with Gasteiger partial charge in [-0.3, -0.25) is 9.59 Å². The van der Waals surface area contributed by atoms with Crippen LogP contribution < -0.4 is 0 Å². The Labute approximate surface area is 103 Å². The maximum Gasteiger partial charge on any atom is 0.204 e. The molecule has 18 heavy (non-hydrogen) atoms. The standard InChI is InChI=1S/C14H9NO3/c15-6-11(14(17)13-7-18-13)10-5-12(16)9-4-2-1-3-8(9)10/h1-4,13H,5,7H2/b11-10+. The van der Waals surface area contributed by atoms with Crippen LogP contribution in [0.15, 0.2) is 29.8 Å². The van der Waals surface area contributed by atoms with Crippen LogP contribution in [0, 0.1) is 11.3 Å². The summed E-state index contributed by atoms with van der Waals surface area (Å²) < 4.78 is 4.91. The zero-order chi connectivity index (χ0) is 12.7. The van der Waals surface area contributed by atoms with Crippen molar-refractivity contribution < 1.29 is 14.3 Å². The topological polar surface area (TPSA) is 70.5 Å². The monoisotopic (exact) mass is 239 g/mol. The Kier molecular flexibility index (Phi) is 2.35. The molecule has 1 saturated heterocycles. The van der Waals surface area contributed by atoms with Gasteiger partial charge in [0, 0.05) is 12.0 Å². The molecule has 0 spiro atoms. The Morgan fingerprint density at radius 3 is 2.61 bits per heavy atom. The number of hydrogen-bond acceptors (Lipinski definition) is 4. The highest BCUT2D eigenvalue weighted by Crippen LogP contribution is 2.35. The molecular weight excluding hydrogens is 230 g/mol. The molecule has 4 nitrogen and oxygen atoms in total. The van der Waals surface area contributed by atoms with Gasteiger partial charge in [-0.05, 0) is 11.1 Å². The number of carbonyl (C=O) groups excluding carboxylic acids is 2. The number of ketones is 2. The van der Waals surface area contributed by atoms with E-state index in [9.17, 15) is 9.59 Å². The lowest BCUT2D eigenvalue weighted by molar-refractivity contribution is -0.116. The molecule has 1 atom stereocenters. The second-order valence-corrected chi connectivity index (χ2v) is 4.30. The summed E-state index contributed by atoms with van der Waals surface area (Å²) in [4.78, 5) is 23.7. The highest BCUT2D eigenvalue weighted by Gasteiger charge is 2.37. The van der Waals surface area contributed by atoms with Gasteiger partial charge in [0.1, 0.15) is 17.7 Å². The van der Waals surface area contributed by atoms with Gasteiger partial charge in [-0.15, -0.1) is 0 Å². The van der Waals surface area contributed by atoms with Gasteiger partial charge in [0.25, 0.3) is 0 Å². The van der Waals surface area contributed by atoms with Crippen molar-refractivity contribution in [2.75, 3.05) is 6.61 Å². The number of allylic oxidation sites excluding steroid dienone is 1. The Bertz CT molecular complexity index is 633. The van der Waals surface area contributed by atoms with Crippen LogP contribution in [0.2, 0.25) is 0 Å². The summed E-state index contributed by atoms with van der Waals surface area (Å²) in [6.45, 7) is 0.368. The van der Waals surface area contributed by atoms with E-state index in [1.54, 1.807) is 24.3 Å². The zero-order valence-corrected chi connectivity index (χ0v) is 9.47. The molecule has 3 rings (SSSR count). The molecule has 0 saturated carbocycles. The Hall–Kier alpha value is -2.25. The number of Topliss-reactive ketones (excluding diaryl/α,β-unsaturated/α-hetero) is 2. The maximum absolute atomic E-state index is 11.9. The van der Waals surface area contributed by atoms with E-state index in [4.69, 9.17) is 10.00 Å². The number of epoxide rings is 1. The van der Waals surface area contributed by atoms with Crippen LogP contribution in [0.5, 0.6) is 0 Å². The molecule has 1 aliphatic heterocycles. The predicted molar refractivity (Wildman–Crippen MR) is 62.7 cm³/mol. The van der Waals surface area contributed by atoms with E-state index < -0.39 is 6.10 Å². The largest absolute Gasteiger partial charge is 0.364 e.